The summed E-state index contributed by atoms with van der Waals surface area (Å²) in [6.07, 6.45) is 1.09. The lowest BCUT2D eigenvalue weighted by atomic mass is 10.5. The Bertz CT molecular complexity index is 362. The van der Waals surface area contributed by atoms with Crippen molar-refractivity contribution in [2.75, 3.05) is 0 Å². The zero-order chi connectivity index (χ0) is 8.48. The maximum absolute atomic E-state index is 12.4. The molecule has 4 nitrogen and oxygen atoms in total. The van der Waals surface area contributed by atoms with E-state index in [0.717, 1.165) is 12.3 Å². The van der Waals surface area contributed by atoms with Gasteiger partial charge in [0, 0.05) is 6.20 Å². The summed E-state index contributed by atoms with van der Waals surface area (Å²) in [5.74, 6) is -1.20. The fourth-order valence-corrected chi connectivity index (χ4v) is 1.08. The first-order valence-corrected chi connectivity index (χ1v) is 4.04. The first-order chi connectivity index (χ1) is 5.02. The summed E-state index contributed by atoms with van der Waals surface area (Å²) in [6, 6.07) is 2.14. The highest BCUT2D eigenvalue weighted by Crippen LogP contribution is 2.09. The summed E-state index contributed by atoms with van der Waals surface area (Å²) in [5.41, 5.74) is 0. The average molecular weight is 177 g/mol. The van der Waals surface area contributed by atoms with Crippen LogP contribution in [0.1, 0.15) is 0 Å². The molecular formula is C5H4FNO3S. The molecule has 0 fully saturated rings. The molecule has 1 aromatic rings. The van der Waals surface area contributed by atoms with Crippen molar-refractivity contribution in [2.45, 2.75) is 4.90 Å². The number of pyridine rings is 1. The van der Waals surface area contributed by atoms with Crippen molar-refractivity contribution in [2.24, 2.45) is 0 Å². The Kier molecular flexibility index (Phi) is 1.88. The molecule has 1 heterocycles. The molecule has 6 heteroatoms. The van der Waals surface area contributed by atoms with Gasteiger partial charge in [-0.05, 0) is 12.1 Å². The van der Waals surface area contributed by atoms with E-state index in [1.54, 1.807) is 0 Å². The molecule has 1 rings (SSSR count). The number of rotatable bonds is 1. The van der Waals surface area contributed by atoms with Crippen LogP contribution in [0.5, 0.6) is 0 Å². The quantitative estimate of drug-likeness (QED) is 0.500. The summed E-state index contributed by atoms with van der Waals surface area (Å²) in [7, 11) is -4.47. The van der Waals surface area contributed by atoms with Crippen LogP contribution in [0.4, 0.5) is 4.39 Å². The maximum atomic E-state index is 12.4. The normalized spacial score (nSPS) is 11.5. The molecule has 0 saturated carbocycles. The molecule has 0 unspecified atom stereocenters. The second kappa shape index (κ2) is 2.55. The number of aromatic nitrogens is 1. The third-order valence-electron chi connectivity index (χ3n) is 1.00. The standard InChI is InChI=1S/C5H4FNO3S/c6-5-4(11(8,9)10)2-1-3-7-5/h1-3H,(H,8,9,10). The van der Waals surface area contributed by atoms with E-state index in [1.807, 2.05) is 0 Å². The van der Waals surface area contributed by atoms with Crippen LogP contribution in [-0.4, -0.2) is 18.0 Å². The number of hydrogen-bond acceptors (Lipinski definition) is 3. The highest BCUT2D eigenvalue weighted by molar-refractivity contribution is 7.85. The molecule has 0 aliphatic heterocycles. The van der Waals surface area contributed by atoms with E-state index in [9.17, 15) is 12.8 Å². The number of nitrogens with zero attached hydrogens (tertiary/aromatic N) is 1. The van der Waals surface area contributed by atoms with Crippen LogP contribution in [-0.2, 0) is 10.1 Å². The fourth-order valence-electron chi connectivity index (χ4n) is 0.564. The Morgan fingerprint density at radius 1 is 1.55 bits per heavy atom. The molecule has 0 bridgehead atoms. The van der Waals surface area contributed by atoms with Crippen molar-refractivity contribution in [1.82, 2.24) is 4.98 Å². The van der Waals surface area contributed by atoms with Gasteiger partial charge in [-0.2, -0.15) is 12.8 Å². The largest absolute Gasteiger partial charge is 0.299 e. The highest BCUT2D eigenvalue weighted by Gasteiger charge is 2.14. The molecule has 0 spiro atoms. The zero-order valence-corrected chi connectivity index (χ0v) is 6.05. The lowest BCUT2D eigenvalue weighted by Gasteiger charge is -1.94. The Hall–Kier alpha value is -1.01. The second-order valence-electron chi connectivity index (χ2n) is 1.77. The van der Waals surface area contributed by atoms with Crippen molar-refractivity contribution in [3.8, 4) is 0 Å². The van der Waals surface area contributed by atoms with Crippen LogP contribution in [0.3, 0.4) is 0 Å². The van der Waals surface area contributed by atoms with Crippen LogP contribution in [0.15, 0.2) is 23.2 Å². The van der Waals surface area contributed by atoms with Crippen LogP contribution >= 0.6 is 0 Å². The zero-order valence-electron chi connectivity index (χ0n) is 5.23. The van der Waals surface area contributed by atoms with E-state index in [4.69, 9.17) is 4.55 Å². The molecule has 1 aromatic heterocycles. The van der Waals surface area contributed by atoms with Crippen molar-refractivity contribution >= 4 is 10.1 Å². The molecule has 0 aliphatic rings. The predicted octanol–water partition coefficient (Wildman–Crippen LogP) is 0.467. The topological polar surface area (TPSA) is 67.3 Å². The van der Waals surface area contributed by atoms with Gasteiger partial charge in [0.25, 0.3) is 10.1 Å². The fraction of sp³-hybridized carbons (Fsp3) is 0. The molecule has 0 amide bonds. The summed E-state index contributed by atoms with van der Waals surface area (Å²) >= 11 is 0. The molecule has 11 heavy (non-hydrogen) atoms. The lowest BCUT2D eigenvalue weighted by Crippen LogP contribution is -2.02. The first-order valence-electron chi connectivity index (χ1n) is 2.60. The lowest BCUT2D eigenvalue weighted by molar-refractivity contribution is 0.467. The van der Waals surface area contributed by atoms with Gasteiger partial charge in [-0.3, -0.25) is 4.55 Å². The maximum Gasteiger partial charge on any atom is 0.299 e. The van der Waals surface area contributed by atoms with E-state index < -0.39 is 21.0 Å². The predicted molar refractivity (Wildman–Crippen MR) is 34.0 cm³/mol. The third kappa shape index (κ3) is 1.72. The molecule has 60 valence electrons. The Balaban J connectivity index is 3.37. The van der Waals surface area contributed by atoms with E-state index >= 15 is 0 Å². The Morgan fingerprint density at radius 3 is 2.55 bits per heavy atom. The molecule has 0 aliphatic carbocycles. The molecule has 0 aromatic carbocycles. The summed E-state index contributed by atoms with van der Waals surface area (Å²) in [4.78, 5) is 2.23. The molecular weight excluding hydrogens is 173 g/mol. The number of halogens is 1. The van der Waals surface area contributed by atoms with Crippen molar-refractivity contribution in [3.63, 3.8) is 0 Å². The van der Waals surface area contributed by atoms with Gasteiger partial charge < -0.3 is 0 Å². The first kappa shape index (κ1) is 8.09. The van der Waals surface area contributed by atoms with E-state index in [1.165, 1.54) is 6.07 Å². The van der Waals surface area contributed by atoms with Crippen LogP contribution in [0.25, 0.3) is 0 Å². The minimum absolute atomic E-state index is 0.806. The van der Waals surface area contributed by atoms with Gasteiger partial charge >= 0.3 is 0 Å². The van der Waals surface area contributed by atoms with Gasteiger partial charge in [-0.1, -0.05) is 0 Å². The van der Waals surface area contributed by atoms with Gasteiger partial charge in [-0.15, -0.1) is 0 Å². The SMILES string of the molecule is O=S(=O)(O)c1cccnc1F. The second-order valence-corrected chi connectivity index (χ2v) is 3.16. The Labute approximate surface area is 62.4 Å². The van der Waals surface area contributed by atoms with Gasteiger partial charge in [0.05, 0.1) is 0 Å². The highest BCUT2D eigenvalue weighted by atomic mass is 32.2. The average Bonchev–Trinajstić information content (AvgIpc) is 1.86. The minimum Gasteiger partial charge on any atom is -0.282 e. The third-order valence-corrected chi connectivity index (χ3v) is 1.86. The molecule has 0 atom stereocenters. The van der Waals surface area contributed by atoms with Crippen molar-refractivity contribution in [3.05, 3.63) is 24.3 Å². The van der Waals surface area contributed by atoms with Gasteiger partial charge in [0.1, 0.15) is 4.90 Å². The van der Waals surface area contributed by atoms with Gasteiger partial charge in [-0.25, -0.2) is 4.98 Å². The van der Waals surface area contributed by atoms with E-state index in [-0.39, 0.29) is 0 Å². The number of hydrogen-bond donors (Lipinski definition) is 1. The summed E-state index contributed by atoms with van der Waals surface area (Å²) < 4.78 is 41.5. The molecule has 1 N–H and O–H groups in total. The minimum atomic E-state index is -4.47. The summed E-state index contributed by atoms with van der Waals surface area (Å²) in [5, 5.41) is 0. The molecule has 0 radical (unpaired) electrons. The van der Waals surface area contributed by atoms with E-state index in [2.05, 4.69) is 4.98 Å². The van der Waals surface area contributed by atoms with Crippen LogP contribution in [0, 0.1) is 5.95 Å². The van der Waals surface area contributed by atoms with Crippen LogP contribution in [0.2, 0.25) is 0 Å². The smallest absolute Gasteiger partial charge is 0.282 e. The van der Waals surface area contributed by atoms with Gasteiger partial charge in [0.2, 0.25) is 5.95 Å². The van der Waals surface area contributed by atoms with Crippen molar-refractivity contribution in [1.29, 1.82) is 0 Å². The molecule has 0 saturated heterocycles. The monoisotopic (exact) mass is 177 g/mol. The van der Waals surface area contributed by atoms with E-state index in [0.29, 0.717) is 0 Å². The van der Waals surface area contributed by atoms with Crippen LogP contribution < -0.4 is 0 Å². The van der Waals surface area contributed by atoms with Gasteiger partial charge in [0.15, 0.2) is 0 Å². The summed E-state index contributed by atoms with van der Waals surface area (Å²) in [6.45, 7) is 0. The van der Waals surface area contributed by atoms with Crippen molar-refractivity contribution < 1.29 is 17.4 Å². The Morgan fingerprint density at radius 2 is 2.18 bits per heavy atom.